The Morgan fingerprint density at radius 3 is 2.70 bits per heavy atom. The average Bonchev–Trinajstić information content (AvgIpc) is 2.79. The topological polar surface area (TPSA) is 86.1 Å². The first-order chi connectivity index (χ1) is 14.6. The zero-order valence-electron chi connectivity index (χ0n) is 16.3. The molecule has 1 saturated heterocycles. The maximum absolute atomic E-state index is 13.1. The predicted molar refractivity (Wildman–Crippen MR) is 112 cm³/mol. The third kappa shape index (κ3) is 4.36. The zero-order valence-corrected chi connectivity index (χ0v) is 16.3. The van der Waals surface area contributed by atoms with Gasteiger partial charge >= 0.3 is 0 Å². The Morgan fingerprint density at radius 1 is 1.10 bits per heavy atom. The first-order valence-corrected chi connectivity index (χ1v) is 9.72. The van der Waals surface area contributed by atoms with Gasteiger partial charge in [-0.1, -0.05) is 48.5 Å². The van der Waals surface area contributed by atoms with Gasteiger partial charge in [-0.2, -0.15) is 5.26 Å². The van der Waals surface area contributed by atoms with Gasteiger partial charge in [0.15, 0.2) is 0 Å². The van der Waals surface area contributed by atoms with Crippen LogP contribution in [0, 0.1) is 11.3 Å². The monoisotopic (exact) mass is 396 g/mol. The maximum atomic E-state index is 13.1. The van der Waals surface area contributed by atoms with Gasteiger partial charge in [0.1, 0.15) is 11.8 Å². The van der Waals surface area contributed by atoms with Crippen molar-refractivity contribution in [3.8, 4) is 17.3 Å². The van der Waals surface area contributed by atoms with Crippen molar-refractivity contribution >= 4 is 11.8 Å². The molecule has 1 atom stereocenters. The zero-order chi connectivity index (χ0) is 20.9. The quantitative estimate of drug-likeness (QED) is 0.735. The van der Waals surface area contributed by atoms with Gasteiger partial charge in [0.05, 0.1) is 18.3 Å². The number of amides is 2. The highest BCUT2D eigenvalue weighted by Crippen LogP contribution is 2.20. The van der Waals surface area contributed by atoms with E-state index in [4.69, 9.17) is 5.26 Å². The lowest BCUT2D eigenvalue weighted by Crippen LogP contribution is -2.56. The molecule has 0 bridgehead atoms. The van der Waals surface area contributed by atoms with Crippen LogP contribution in [0.2, 0.25) is 0 Å². The third-order valence-electron chi connectivity index (χ3n) is 5.02. The lowest BCUT2D eigenvalue weighted by atomic mass is 10.0. The summed E-state index contributed by atoms with van der Waals surface area (Å²) in [5.74, 6) is -0.351. The average molecular weight is 396 g/mol. The van der Waals surface area contributed by atoms with E-state index in [1.54, 1.807) is 41.3 Å². The van der Waals surface area contributed by atoms with Crippen molar-refractivity contribution in [3.63, 3.8) is 0 Å². The van der Waals surface area contributed by atoms with Crippen molar-refractivity contribution in [2.24, 2.45) is 0 Å². The van der Waals surface area contributed by atoms with Crippen LogP contribution in [0.5, 0.6) is 0 Å². The Labute approximate surface area is 174 Å². The molecule has 1 aliphatic heterocycles. The summed E-state index contributed by atoms with van der Waals surface area (Å²) >= 11 is 0. The second-order valence-electron chi connectivity index (χ2n) is 7.24. The highest BCUT2D eigenvalue weighted by atomic mass is 16.2. The molecule has 6 nitrogen and oxygen atoms in total. The van der Waals surface area contributed by atoms with Crippen LogP contribution in [0.3, 0.4) is 0 Å². The first-order valence-electron chi connectivity index (χ1n) is 9.72. The molecule has 0 spiro atoms. The summed E-state index contributed by atoms with van der Waals surface area (Å²) in [7, 11) is 0. The van der Waals surface area contributed by atoms with E-state index < -0.39 is 0 Å². The van der Waals surface area contributed by atoms with E-state index in [-0.39, 0.29) is 24.4 Å². The van der Waals surface area contributed by atoms with E-state index in [1.165, 1.54) is 0 Å². The fraction of sp³-hybridized carbons (Fsp3) is 0.167. The Balaban J connectivity index is 1.53. The third-order valence-corrected chi connectivity index (χ3v) is 5.02. The molecule has 0 radical (unpaired) electrons. The lowest BCUT2D eigenvalue weighted by molar-refractivity contribution is -0.124. The number of hydrogen-bond donors (Lipinski definition) is 1. The largest absolute Gasteiger partial charge is 0.350 e. The van der Waals surface area contributed by atoms with Gasteiger partial charge in [-0.05, 0) is 36.2 Å². The number of carbonyl (C=O) groups is 2. The number of nitriles is 1. The molecule has 1 N–H and O–H groups in total. The van der Waals surface area contributed by atoms with Crippen molar-refractivity contribution in [3.05, 3.63) is 89.6 Å². The molecule has 0 saturated carbocycles. The second-order valence-corrected chi connectivity index (χ2v) is 7.24. The SMILES string of the molecule is N#Cc1cccc(-c2cccc(C(=O)N3CC(=O)N[C@@H](Cc4ccccc4)C3)c2)n1. The van der Waals surface area contributed by atoms with Crippen molar-refractivity contribution in [1.82, 2.24) is 15.2 Å². The standard InChI is InChI=1S/C24H20N4O2/c25-14-20-10-5-11-22(26-20)18-8-4-9-19(13-18)24(30)28-15-21(27-23(29)16-28)12-17-6-2-1-3-7-17/h1-11,13,21H,12,15-16H2,(H,27,29)/t21-/m0/s1. The number of benzene rings is 2. The van der Waals surface area contributed by atoms with E-state index in [0.717, 1.165) is 11.1 Å². The lowest BCUT2D eigenvalue weighted by Gasteiger charge is -2.33. The summed E-state index contributed by atoms with van der Waals surface area (Å²) < 4.78 is 0. The molecule has 2 heterocycles. The number of carbonyl (C=O) groups excluding carboxylic acids is 2. The van der Waals surface area contributed by atoms with Gasteiger partial charge in [0.25, 0.3) is 5.91 Å². The molecule has 1 aromatic heterocycles. The highest BCUT2D eigenvalue weighted by molar-refractivity contribution is 5.98. The fourth-order valence-corrected chi connectivity index (χ4v) is 3.64. The fourth-order valence-electron chi connectivity index (χ4n) is 3.64. The van der Waals surface area contributed by atoms with Crippen LogP contribution in [0.25, 0.3) is 11.3 Å². The molecule has 2 aromatic carbocycles. The van der Waals surface area contributed by atoms with Gasteiger partial charge < -0.3 is 10.2 Å². The summed E-state index contributed by atoms with van der Waals surface area (Å²) in [4.78, 5) is 31.2. The summed E-state index contributed by atoms with van der Waals surface area (Å²) in [6.07, 6.45) is 0.668. The van der Waals surface area contributed by atoms with Crippen LogP contribution in [-0.2, 0) is 11.2 Å². The van der Waals surface area contributed by atoms with Gasteiger partial charge in [0, 0.05) is 17.7 Å². The molecule has 1 aliphatic rings. The molecule has 2 amide bonds. The summed E-state index contributed by atoms with van der Waals surface area (Å²) in [6.45, 7) is 0.488. The number of nitrogens with zero attached hydrogens (tertiary/aromatic N) is 3. The van der Waals surface area contributed by atoms with Crippen LogP contribution >= 0.6 is 0 Å². The molecule has 6 heteroatoms. The Kier molecular flexibility index (Phi) is 5.53. The highest BCUT2D eigenvalue weighted by Gasteiger charge is 2.28. The maximum Gasteiger partial charge on any atom is 0.254 e. The van der Waals surface area contributed by atoms with Crippen LogP contribution in [0.15, 0.2) is 72.8 Å². The van der Waals surface area contributed by atoms with E-state index in [2.05, 4.69) is 10.3 Å². The molecule has 30 heavy (non-hydrogen) atoms. The molecular weight excluding hydrogens is 376 g/mol. The minimum Gasteiger partial charge on any atom is -0.350 e. The molecule has 4 rings (SSSR count). The van der Waals surface area contributed by atoms with Crippen molar-refractivity contribution in [1.29, 1.82) is 5.26 Å². The number of aromatic nitrogens is 1. The Morgan fingerprint density at radius 2 is 1.90 bits per heavy atom. The minimum atomic E-state index is -0.193. The normalized spacial score (nSPS) is 15.9. The second kappa shape index (κ2) is 8.58. The van der Waals surface area contributed by atoms with Crippen LogP contribution in [-0.4, -0.2) is 40.8 Å². The number of pyridine rings is 1. The van der Waals surface area contributed by atoms with Gasteiger partial charge in [0.2, 0.25) is 5.91 Å². The van der Waals surface area contributed by atoms with Crippen molar-refractivity contribution in [2.45, 2.75) is 12.5 Å². The molecule has 3 aromatic rings. The van der Waals surface area contributed by atoms with Crippen molar-refractivity contribution < 1.29 is 9.59 Å². The molecule has 1 fully saturated rings. The summed E-state index contributed by atoms with van der Waals surface area (Å²) in [5, 5.41) is 12.0. The first kappa shape index (κ1) is 19.3. The van der Waals surface area contributed by atoms with Crippen LogP contribution < -0.4 is 5.32 Å². The van der Waals surface area contributed by atoms with Gasteiger partial charge in [-0.3, -0.25) is 9.59 Å². The Hall–Kier alpha value is -3.98. The van der Waals surface area contributed by atoms with Crippen molar-refractivity contribution in [2.75, 3.05) is 13.1 Å². The predicted octanol–water partition coefficient (Wildman–Crippen LogP) is 2.80. The van der Waals surface area contributed by atoms with E-state index in [1.807, 2.05) is 42.5 Å². The molecule has 148 valence electrons. The number of rotatable bonds is 4. The molecule has 0 aliphatic carbocycles. The summed E-state index contributed by atoms with van der Waals surface area (Å²) in [5.41, 5.74) is 3.30. The van der Waals surface area contributed by atoms with Gasteiger partial charge in [-0.25, -0.2) is 4.98 Å². The van der Waals surface area contributed by atoms with E-state index in [0.29, 0.717) is 29.9 Å². The van der Waals surface area contributed by atoms with Gasteiger partial charge in [-0.15, -0.1) is 0 Å². The molecule has 0 unspecified atom stereocenters. The molecular formula is C24H20N4O2. The Bertz CT molecular complexity index is 1120. The minimum absolute atomic E-state index is 0.0382. The summed E-state index contributed by atoms with van der Waals surface area (Å²) in [6, 6.07) is 24.1. The smallest absolute Gasteiger partial charge is 0.254 e. The van der Waals surface area contributed by atoms with E-state index in [9.17, 15) is 9.59 Å². The number of piperazine rings is 1. The number of hydrogen-bond acceptors (Lipinski definition) is 4. The number of nitrogens with one attached hydrogen (secondary N) is 1. The van der Waals surface area contributed by atoms with Crippen LogP contribution in [0.4, 0.5) is 0 Å². The van der Waals surface area contributed by atoms with E-state index >= 15 is 0 Å². The van der Waals surface area contributed by atoms with Crippen LogP contribution in [0.1, 0.15) is 21.6 Å².